The zero-order valence-electron chi connectivity index (χ0n) is 15.7. The topological polar surface area (TPSA) is 86.2 Å². The molecule has 0 spiro atoms. The fourth-order valence-corrected chi connectivity index (χ4v) is 5.14. The van der Waals surface area contributed by atoms with Gasteiger partial charge in [0.2, 0.25) is 11.8 Å². The molecule has 2 heterocycles. The SMILES string of the molecule is O=c1oc(C2CCCCC2c2nc3ccc(I)cc3c(=O)o2)nc2ccc(I)cc12. The van der Waals surface area contributed by atoms with Crippen molar-refractivity contribution in [3.63, 3.8) is 0 Å². The van der Waals surface area contributed by atoms with Crippen molar-refractivity contribution in [1.82, 2.24) is 9.97 Å². The van der Waals surface area contributed by atoms with E-state index in [1.165, 1.54) is 0 Å². The van der Waals surface area contributed by atoms with Crippen LogP contribution in [0.3, 0.4) is 0 Å². The maximum atomic E-state index is 12.6. The van der Waals surface area contributed by atoms with E-state index in [1.807, 2.05) is 24.3 Å². The standard InChI is InChI=1S/C22H16I2N2O4/c23-11-5-7-17-15(9-11)21(27)29-19(25-17)13-3-1-2-4-14(13)20-26-18-8-6-12(24)10-16(18)22(28)30-20/h5-10,13-14H,1-4H2. The van der Waals surface area contributed by atoms with E-state index in [2.05, 4.69) is 55.1 Å². The fourth-order valence-electron chi connectivity index (χ4n) is 4.16. The Bertz CT molecular complexity index is 1290. The lowest BCUT2D eigenvalue weighted by molar-refractivity contribution is 0.268. The molecule has 152 valence electrons. The second-order valence-electron chi connectivity index (χ2n) is 7.50. The Kier molecular flexibility index (Phi) is 5.38. The van der Waals surface area contributed by atoms with Crippen molar-refractivity contribution in [2.24, 2.45) is 0 Å². The minimum absolute atomic E-state index is 0.160. The highest BCUT2D eigenvalue weighted by atomic mass is 127. The summed E-state index contributed by atoms with van der Waals surface area (Å²) in [5.74, 6) is 0.468. The van der Waals surface area contributed by atoms with Gasteiger partial charge in [-0.1, -0.05) is 12.8 Å². The van der Waals surface area contributed by atoms with Crippen molar-refractivity contribution >= 4 is 67.0 Å². The van der Waals surface area contributed by atoms with Crippen LogP contribution in [0.4, 0.5) is 0 Å². The van der Waals surface area contributed by atoms with Gasteiger partial charge in [-0.3, -0.25) is 0 Å². The zero-order chi connectivity index (χ0) is 20.8. The Hall–Kier alpha value is -1.82. The Morgan fingerprint density at radius 1 is 0.733 bits per heavy atom. The van der Waals surface area contributed by atoms with Gasteiger partial charge in [0.1, 0.15) is 0 Å². The maximum absolute atomic E-state index is 12.6. The molecule has 0 radical (unpaired) electrons. The predicted molar refractivity (Wildman–Crippen MR) is 130 cm³/mol. The summed E-state index contributed by atoms with van der Waals surface area (Å²) in [4.78, 5) is 34.5. The molecule has 1 aliphatic rings. The molecule has 0 bridgehead atoms. The highest BCUT2D eigenvalue weighted by molar-refractivity contribution is 14.1. The molecule has 2 aromatic carbocycles. The number of halogens is 2. The molecule has 1 fully saturated rings. The lowest BCUT2D eigenvalue weighted by atomic mass is 9.79. The molecule has 0 N–H and O–H groups in total. The van der Waals surface area contributed by atoms with Gasteiger partial charge in [0.05, 0.1) is 21.8 Å². The molecule has 2 aromatic heterocycles. The van der Waals surface area contributed by atoms with E-state index in [-0.39, 0.29) is 23.1 Å². The zero-order valence-corrected chi connectivity index (χ0v) is 20.0. The van der Waals surface area contributed by atoms with Crippen LogP contribution in [-0.2, 0) is 0 Å². The molecule has 1 saturated carbocycles. The smallest absolute Gasteiger partial charge is 0.346 e. The first-order valence-corrected chi connectivity index (χ1v) is 11.9. The Balaban J connectivity index is 1.62. The van der Waals surface area contributed by atoms with E-state index in [0.717, 1.165) is 32.8 Å². The van der Waals surface area contributed by atoms with Gasteiger partial charge in [-0.15, -0.1) is 0 Å². The Morgan fingerprint density at radius 2 is 1.17 bits per heavy atom. The molecule has 2 atom stereocenters. The van der Waals surface area contributed by atoms with Gasteiger partial charge in [-0.05, 0) is 94.4 Å². The van der Waals surface area contributed by atoms with Gasteiger partial charge in [0.15, 0.2) is 0 Å². The van der Waals surface area contributed by atoms with Crippen LogP contribution in [0.2, 0.25) is 0 Å². The summed E-state index contributed by atoms with van der Waals surface area (Å²) in [6.45, 7) is 0. The molecule has 2 unspecified atom stereocenters. The highest BCUT2D eigenvalue weighted by Gasteiger charge is 2.34. The second kappa shape index (κ2) is 8.03. The minimum atomic E-state index is -0.389. The first kappa shape index (κ1) is 20.1. The van der Waals surface area contributed by atoms with E-state index in [4.69, 9.17) is 8.83 Å². The normalized spacial score (nSPS) is 19.4. The molecule has 8 heteroatoms. The average molecular weight is 626 g/mol. The van der Waals surface area contributed by atoms with Crippen LogP contribution in [0.1, 0.15) is 49.3 Å². The van der Waals surface area contributed by atoms with Crippen molar-refractivity contribution < 1.29 is 8.83 Å². The fraction of sp³-hybridized carbons (Fsp3) is 0.273. The van der Waals surface area contributed by atoms with Gasteiger partial charge in [-0.2, -0.15) is 0 Å². The molecule has 0 aliphatic heterocycles. The number of benzene rings is 2. The molecule has 4 aromatic rings. The van der Waals surface area contributed by atoms with Crippen molar-refractivity contribution in [1.29, 1.82) is 0 Å². The average Bonchev–Trinajstić information content (AvgIpc) is 2.74. The lowest BCUT2D eigenvalue weighted by Gasteiger charge is -2.28. The predicted octanol–water partition coefficient (Wildman–Crippen LogP) is 5.34. The van der Waals surface area contributed by atoms with Crippen LogP contribution in [-0.4, -0.2) is 9.97 Å². The lowest BCUT2D eigenvalue weighted by Crippen LogP contribution is -2.21. The van der Waals surface area contributed by atoms with E-state index in [1.54, 1.807) is 12.1 Å². The summed E-state index contributed by atoms with van der Waals surface area (Å²) < 4.78 is 13.2. The van der Waals surface area contributed by atoms with E-state index >= 15 is 0 Å². The van der Waals surface area contributed by atoms with Crippen LogP contribution < -0.4 is 11.3 Å². The first-order valence-electron chi connectivity index (χ1n) is 9.70. The first-order chi connectivity index (χ1) is 14.5. The number of nitrogens with zero attached hydrogens (tertiary/aromatic N) is 2. The number of hydrogen-bond donors (Lipinski definition) is 0. The summed E-state index contributed by atoms with van der Waals surface area (Å²) in [7, 11) is 0. The monoisotopic (exact) mass is 626 g/mol. The number of fused-ring (bicyclic) bond motifs is 2. The van der Waals surface area contributed by atoms with Crippen molar-refractivity contribution in [3.8, 4) is 0 Å². The van der Waals surface area contributed by atoms with Crippen molar-refractivity contribution in [3.05, 3.63) is 76.2 Å². The third-order valence-electron chi connectivity index (χ3n) is 5.61. The molecular weight excluding hydrogens is 610 g/mol. The van der Waals surface area contributed by atoms with Crippen molar-refractivity contribution in [2.45, 2.75) is 37.5 Å². The third-order valence-corrected chi connectivity index (χ3v) is 6.96. The Labute approximate surface area is 198 Å². The van der Waals surface area contributed by atoms with Crippen molar-refractivity contribution in [2.75, 3.05) is 0 Å². The van der Waals surface area contributed by atoms with Gasteiger partial charge < -0.3 is 8.83 Å². The van der Waals surface area contributed by atoms with Crippen LogP contribution in [0, 0.1) is 7.14 Å². The van der Waals surface area contributed by atoms with Gasteiger partial charge >= 0.3 is 11.3 Å². The molecule has 5 rings (SSSR count). The third kappa shape index (κ3) is 3.68. The molecule has 30 heavy (non-hydrogen) atoms. The number of rotatable bonds is 2. The minimum Gasteiger partial charge on any atom is -0.408 e. The summed E-state index contributed by atoms with van der Waals surface area (Å²) in [5, 5.41) is 0.950. The molecule has 0 saturated heterocycles. The number of hydrogen-bond acceptors (Lipinski definition) is 6. The summed E-state index contributed by atoms with van der Waals surface area (Å²) in [6.07, 6.45) is 3.58. The van der Waals surface area contributed by atoms with Crippen LogP contribution >= 0.6 is 45.2 Å². The molecule has 6 nitrogen and oxygen atoms in total. The largest absolute Gasteiger partial charge is 0.408 e. The van der Waals surface area contributed by atoms with E-state index < -0.39 is 0 Å². The Morgan fingerprint density at radius 3 is 1.60 bits per heavy atom. The van der Waals surface area contributed by atoms with Crippen LogP contribution in [0.25, 0.3) is 21.8 Å². The van der Waals surface area contributed by atoms with Crippen LogP contribution in [0.5, 0.6) is 0 Å². The summed E-state index contributed by atoms with van der Waals surface area (Å²) >= 11 is 4.32. The second-order valence-corrected chi connectivity index (χ2v) is 9.99. The maximum Gasteiger partial charge on any atom is 0.346 e. The quantitative estimate of drug-likeness (QED) is 0.280. The van der Waals surface area contributed by atoms with Gasteiger partial charge in [0, 0.05) is 19.0 Å². The summed E-state index contributed by atoms with van der Waals surface area (Å²) in [6, 6.07) is 11.1. The molecule has 0 amide bonds. The van der Waals surface area contributed by atoms with E-state index in [9.17, 15) is 9.59 Å². The van der Waals surface area contributed by atoms with Gasteiger partial charge in [-0.25, -0.2) is 19.6 Å². The van der Waals surface area contributed by atoms with Crippen LogP contribution in [0.15, 0.2) is 54.8 Å². The van der Waals surface area contributed by atoms with Gasteiger partial charge in [0.25, 0.3) is 0 Å². The highest BCUT2D eigenvalue weighted by Crippen LogP contribution is 2.42. The number of aromatic nitrogens is 2. The van der Waals surface area contributed by atoms with E-state index in [0.29, 0.717) is 33.6 Å². The summed E-state index contributed by atoms with van der Waals surface area (Å²) in [5.41, 5.74) is 0.461. The molecule has 1 aliphatic carbocycles. The molecular formula is C22H16I2N2O4.